The second-order valence-electron chi connectivity index (χ2n) is 7.52. The molecule has 0 aliphatic heterocycles. The van der Waals surface area contributed by atoms with Gasteiger partial charge in [-0.3, -0.25) is 10.4 Å². The Bertz CT molecular complexity index is 893. The van der Waals surface area contributed by atoms with Crippen molar-refractivity contribution in [2.45, 2.75) is 39.8 Å². The Balaban J connectivity index is 1.75. The minimum atomic E-state index is -0.103. The summed E-state index contributed by atoms with van der Waals surface area (Å²) in [5.74, 6) is 3.66. The number of aromatic nitrogens is 3. The molecule has 0 radical (unpaired) electrons. The first kappa shape index (κ1) is 20.9. The standard InChI is InChI=1S/C23H30N4O2/c1-16(2)12-13-29-21-14-18(10-11-20(21)28-4)15-24-22(19-8-6-5-7-9-19)23-25-17(3)26-27-23/h5-11,14,16,22,24H,12-13,15H2,1-4H3,(H,25,26,27)/t22-/m1/s1. The summed E-state index contributed by atoms with van der Waals surface area (Å²) in [6.45, 7) is 7.61. The van der Waals surface area contributed by atoms with E-state index in [-0.39, 0.29) is 6.04 Å². The minimum Gasteiger partial charge on any atom is -0.493 e. The topological polar surface area (TPSA) is 72.1 Å². The molecule has 3 rings (SSSR count). The molecule has 0 saturated carbocycles. The quantitative estimate of drug-likeness (QED) is 0.532. The van der Waals surface area contributed by atoms with Gasteiger partial charge in [-0.2, -0.15) is 5.10 Å². The van der Waals surface area contributed by atoms with Crippen LogP contribution in [0.4, 0.5) is 0 Å². The van der Waals surface area contributed by atoms with Crippen molar-refractivity contribution in [1.82, 2.24) is 20.5 Å². The van der Waals surface area contributed by atoms with Crippen LogP contribution in [0, 0.1) is 12.8 Å². The lowest BCUT2D eigenvalue weighted by Gasteiger charge is -2.18. The van der Waals surface area contributed by atoms with E-state index < -0.39 is 0 Å². The van der Waals surface area contributed by atoms with Gasteiger partial charge < -0.3 is 9.47 Å². The van der Waals surface area contributed by atoms with E-state index >= 15 is 0 Å². The first-order valence-electron chi connectivity index (χ1n) is 10.0. The average molecular weight is 395 g/mol. The number of aryl methyl sites for hydroxylation is 1. The maximum Gasteiger partial charge on any atom is 0.172 e. The van der Waals surface area contributed by atoms with Crippen molar-refractivity contribution in [3.05, 3.63) is 71.3 Å². The van der Waals surface area contributed by atoms with Gasteiger partial charge in [0.25, 0.3) is 0 Å². The van der Waals surface area contributed by atoms with Crippen LogP contribution < -0.4 is 14.8 Å². The van der Waals surface area contributed by atoms with Gasteiger partial charge in [0, 0.05) is 6.54 Å². The van der Waals surface area contributed by atoms with Crippen molar-refractivity contribution in [3.8, 4) is 11.5 Å². The van der Waals surface area contributed by atoms with Gasteiger partial charge in [-0.15, -0.1) is 0 Å². The Labute approximate surface area is 172 Å². The zero-order chi connectivity index (χ0) is 20.6. The minimum absolute atomic E-state index is 0.103. The molecule has 1 heterocycles. The van der Waals surface area contributed by atoms with Crippen LogP contribution in [0.5, 0.6) is 11.5 Å². The number of hydrogen-bond acceptors (Lipinski definition) is 5. The summed E-state index contributed by atoms with van der Waals surface area (Å²) in [6.07, 6.45) is 1.01. The van der Waals surface area contributed by atoms with Gasteiger partial charge in [0.2, 0.25) is 0 Å². The van der Waals surface area contributed by atoms with Crippen LogP contribution in [0.25, 0.3) is 0 Å². The third-order valence-corrected chi connectivity index (χ3v) is 4.70. The number of nitrogens with zero attached hydrogens (tertiary/aromatic N) is 2. The Morgan fingerprint density at radius 2 is 1.86 bits per heavy atom. The molecule has 0 aliphatic rings. The number of ether oxygens (including phenoxy) is 2. The van der Waals surface area contributed by atoms with Crippen LogP contribution >= 0.6 is 0 Å². The second kappa shape index (κ2) is 10.1. The summed E-state index contributed by atoms with van der Waals surface area (Å²) in [5, 5.41) is 10.9. The molecule has 0 unspecified atom stereocenters. The predicted molar refractivity (Wildman–Crippen MR) is 114 cm³/mol. The highest BCUT2D eigenvalue weighted by Gasteiger charge is 2.18. The Kier molecular flexibility index (Phi) is 7.25. The SMILES string of the molecule is COc1ccc(CN[C@H](c2ccccc2)c2n[nH]c(C)n2)cc1OCCC(C)C. The summed E-state index contributed by atoms with van der Waals surface area (Å²) >= 11 is 0. The van der Waals surface area contributed by atoms with Gasteiger partial charge in [-0.1, -0.05) is 50.2 Å². The molecule has 2 N–H and O–H groups in total. The summed E-state index contributed by atoms with van der Waals surface area (Å²) in [5.41, 5.74) is 2.23. The first-order valence-corrected chi connectivity index (χ1v) is 10.0. The number of methoxy groups -OCH3 is 1. The van der Waals surface area contributed by atoms with Crippen molar-refractivity contribution in [1.29, 1.82) is 0 Å². The smallest absolute Gasteiger partial charge is 0.172 e. The van der Waals surface area contributed by atoms with Crippen LogP contribution in [0.1, 0.15) is 49.1 Å². The Morgan fingerprint density at radius 3 is 2.52 bits per heavy atom. The van der Waals surface area contributed by atoms with Gasteiger partial charge in [0.05, 0.1) is 19.8 Å². The molecule has 1 atom stereocenters. The molecule has 0 fully saturated rings. The lowest BCUT2D eigenvalue weighted by Crippen LogP contribution is -2.23. The van der Waals surface area contributed by atoms with Crippen molar-refractivity contribution < 1.29 is 9.47 Å². The van der Waals surface area contributed by atoms with Crippen LogP contribution in [0.3, 0.4) is 0 Å². The molecule has 6 nitrogen and oxygen atoms in total. The lowest BCUT2D eigenvalue weighted by atomic mass is 10.1. The van der Waals surface area contributed by atoms with E-state index in [0.717, 1.165) is 40.7 Å². The van der Waals surface area contributed by atoms with Gasteiger partial charge in [-0.25, -0.2) is 4.98 Å². The maximum atomic E-state index is 5.98. The predicted octanol–water partition coefficient (Wildman–Crippen LogP) is 4.43. The number of hydrogen-bond donors (Lipinski definition) is 2. The van der Waals surface area contributed by atoms with Crippen LogP contribution in [0.2, 0.25) is 0 Å². The van der Waals surface area contributed by atoms with E-state index in [2.05, 4.69) is 46.5 Å². The number of aromatic amines is 1. The highest BCUT2D eigenvalue weighted by molar-refractivity contribution is 5.43. The summed E-state index contributed by atoms with van der Waals surface area (Å²) in [6, 6.07) is 16.2. The van der Waals surface area contributed by atoms with Gasteiger partial charge in [0.15, 0.2) is 17.3 Å². The zero-order valence-electron chi connectivity index (χ0n) is 17.6. The third-order valence-electron chi connectivity index (χ3n) is 4.70. The highest BCUT2D eigenvalue weighted by atomic mass is 16.5. The van der Waals surface area contributed by atoms with E-state index in [1.807, 2.05) is 43.3 Å². The molecule has 1 aromatic heterocycles. The van der Waals surface area contributed by atoms with E-state index in [4.69, 9.17) is 9.47 Å². The monoisotopic (exact) mass is 394 g/mol. The van der Waals surface area contributed by atoms with Crippen LogP contribution in [-0.4, -0.2) is 28.9 Å². The Hall–Kier alpha value is -2.86. The second-order valence-corrected chi connectivity index (χ2v) is 7.52. The zero-order valence-corrected chi connectivity index (χ0v) is 17.6. The van der Waals surface area contributed by atoms with E-state index in [9.17, 15) is 0 Å². The summed E-state index contributed by atoms with van der Waals surface area (Å²) in [7, 11) is 1.67. The molecule has 29 heavy (non-hydrogen) atoms. The molecule has 3 aromatic rings. The maximum absolute atomic E-state index is 5.98. The van der Waals surface area contributed by atoms with Crippen molar-refractivity contribution in [3.63, 3.8) is 0 Å². The molecular weight excluding hydrogens is 364 g/mol. The van der Waals surface area contributed by atoms with Crippen molar-refractivity contribution in [2.24, 2.45) is 5.92 Å². The fraction of sp³-hybridized carbons (Fsp3) is 0.391. The molecule has 154 valence electrons. The fourth-order valence-electron chi connectivity index (χ4n) is 3.06. The van der Waals surface area contributed by atoms with Gasteiger partial charge >= 0.3 is 0 Å². The van der Waals surface area contributed by atoms with Crippen molar-refractivity contribution >= 4 is 0 Å². The highest BCUT2D eigenvalue weighted by Crippen LogP contribution is 2.29. The fourth-order valence-corrected chi connectivity index (χ4v) is 3.06. The Morgan fingerprint density at radius 1 is 1.07 bits per heavy atom. The molecule has 0 saturated heterocycles. The van der Waals surface area contributed by atoms with E-state index in [1.165, 1.54) is 0 Å². The number of nitrogens with one attached hydrogen (secondary N) is 2. The summed E-state index contributed by atoms with van der Waals surface area (Å²) < 4.78 is 11.4. The largest absolute Gasteiger partial charge is 0.493 e. The van der Waals surface area contributed by atoms with Crippen LogP contribution in [-0.2, 0) is 6.54 Å². The molecule has 6 heteroatoms. The number of H-pyrrole nitrogens is 1. The first-order chi connectivity index (χ1) is 14.1. The third kappa shape index (κ3) is 5.81. The molecular formula is C23H30N4O2. The van der Waals surface area contributed by atoms with Gasteiger partial charge in [0.1, 0.15) is 5.82 Å². The van der Waals surface area contributed by atoms with E-state index in [0.29, 0.717) is 19.1 Å². The normalized spacial score (nSPS) is 12.2. The molecule has 0 amide bonds. The molecule has 2 aromatic carbocycles. The van der Waals surface area contributed by atoms with Crippen LogP contribution in [0.15, 0.2) is 48.5 Å². The van der Waals surface area contributed by atoms with Crippen molar-refractivity contribution in [2.75, 3.05) is 13.7 Å². The van der Waals surface area contributed by atoms with Gasteiger partial charge in [-0.05, 0) is 42.5 Å². The molecule has 0 spiro atoms. The summed E-state index contributed by atoms with van der Waals surface area (Å²) in [4.78, 5) is 4.53. The number of rotatable bonds is 10. The lowest BCUT2D eigenvalue weighted by molar-refractivity contribution is 0.272. The van der Waals surface area contributed by atoms with E-state index in [1.54, 1.807) is 7.11 Å². The molecule has 0 bridgehead atoms. The number of benzene rings is 2. The molecule has 0 aliphatic carbocycles. The average Bonchev–Trinajstić information content (AvgIpc) is 3.15.